The van der Waals surface area contributed by atoms with Gasteiger partial charge in [-0.05, 0) is 97.2 Å². The van der Waals surface area contributed by atoms with Gasteiger partial charge < -0.3 is 9.84 Å². The maximum Gasteiger partial charge on any atom is 0.338 e. The zero-order valence-electron chi connectivity index (χ0n) is 19.4. The highest BCUT2D eigenvalue weighted by atomic mass is 35.5. The zero-order valence-corrected chi connectivity index (χ0v) is 21.0. The molecule has 0 amide bonds. The average Bonchev–Trinajstić information content (AvgIpc) is 3.10. The molecule has 0 aromatic heterocycles. The molecule has 182 valence electrons. The van der Waals surface area contributed by atoms with Crippen molar-refractivity contribution in [1.29, 1.82) is 0 Å². The highest BCUT2D eigenvalue weighted by molar-refractivity contribution is 7.89. The number of primary sulfonamides is 1. The highest BCUT2D eigenvalue weighted by Crippen LogP contribution is 2.67. The van der Waals surface area contributed by atoms with Gasteiger partial charge in [-0.25, -0.2) is 18.4 Å². The van der Waals surface area contributed by atoms with Crippen LogP contribution in [-0.4, -0.2) is 25.6 Å². The minimum Gasteiger partial charge on any atom is -0.508 e. The number of sulfonamides is 1. The average molecular weight is 504 g/mol. The van der Waals surface area contributed by atoms with Crippen LogP contribution in [0.2, 0.25) is 5.02 Å². The predicted octanol–water partition coefficient (Wildman–Crippen LogP) is 5.16. The second kappa shape index (κ2) is 7.97. The number of phenols is 1. The summed E-state index contributed by atoms with van der Waals surface area (Å²) in [6, 6.07) is 9.82. The first-order chi connectivity index (χ1) is 15.9. The van der Waals surface area contributed by atoms with Crippen molar-refractivity contribution in [3.8, 4) is 5.75 Å². The van der Waals surface area contributed by atoms with Crippen LogP contribution in [0.4, 0.5) is 0 Å². The van der Waals surface area contributed by atoms with Gasteiger partial charge in [0.05, 0.1) is 10.6 Å². The summed E-state index contributed by atoms with van der Waals surface area (Å²) in [5, 5.41) is 15.1. The molecule has 0 aliphatic heterocycles. The van der Waals surface area contributed by atoms with E-state index in [0.29, 0.717) is 17.6 Å². The van der Waals surface area contributed by atoms with Gasteiger partial charge in [0.1, 0.15) is 16.7 Å². The van der Waals surface area contributed by atoms with Crippen LogP contribution in [0.3, 0.4) is 0 Å². The Morgan fingerprint density at radius 2 is 1.85 bits per heavy atom. The summed E-state index contributed by atoms with van der Waals surface area (Å²) in [7, 11) is -4.05. The third-order valence-electron chi connectivity index (χ3n) is 8.97. The normalized spacial score (nSPS) is 32.4. The Hall–Kier alpha value is -2.09. The number of aromatic hydroxyl groups is 1. The number of ether oxygens (including phenoxy) is 1. The Morgan fingerprint density at radius 1 is 1.09 bits per heavy atom. The summed E-state index contributed by atoms with van der Waals surface area (Å²) in [6.07, 6.45) is 5.47. The van der Waals surface area contributed by atoms with Crippen molar-refractivity contribution in [1.82, 2.24) is 0 Å². The highest BCUT2D eigenvalue weighted by Gasteiger charge is 2.61. The lowest BCUT2D eigenvalue weighted by Crippen LogP contribution is -2.50. The van der Waals surface area contributed by atoms with E-state index in [-0.39, 0.29) is 32.4 Å². The van der Waals surface area contributed by atoms with E-state index < -0.39 is 16.0 Å². The molecule has 2 aromatic carbocycles. The standard InChI is InChI=1S/C26H30ClNO5S/c1-25-11-9-15-13-17(29)4-5-18(15)19(25)10-12-26(2)22(25)7-8-23(26)33-24(30)16-3-6-20(27)21(14-16)34(28,31)32/h3-6,13-14,19,22-23,29H,7-12H2,1-2H3,(H2,28,31,32)/t19-,22+,23+,25-,26+/m1/s1. The van der Waals surface area contributed by atoms with Crippen molar-refractivity contribution in [2.75, 3.05) is 0 Å². The molecule has 0 saturated heterocycles. The van der Waals surface area contributed by atoms with Crippen molar-refractivity contribution in [3.05, 3.63) is 58.1 Å². The van der Waals surface area contributed by atoms with Crippen LogP contribution in [0.1, 0.15) is 73.4 Å². The van der Waals surface area contributed by atoms with Gasteiger partial charge in [0.25, 0.3) is 0 Å². The van der Waals surface area contributed by atoms with Gasteiger partial charge in [0.2, 0.25) is 10.0 Å². The summed E-state index contributed by atoms with van der Waals surface area (Å²) in [5.74, 6) is 0.607. The van der Waals surface area contributed by atoms with E-state index >= 15 is 0 Å². The maximum absolute atomic E-state index is 13.0. The molecule has 3 aliphatic carbocycles. The van der Waals surface area contributed by atoms with E-state index in [1.54, 1.807) is 6.07 Å². The van der Waals surface area contributed by atoms with Gasteiger partial charge >= 0.3 is 5.97 Å². The summed E-state index contributed by atoms with van der Waals surface area (Å²) in [5.41, 5.74) is 2.68. The molecule has 5 rings (SSSR count). The lowest BCUT2D eigenvalue weighted by atomic mass is 9.48. The van der Waals surface area contributed by atoms with Crippen molar-refractivity contribution in [3.63, 3.8) is 0 Å². The number of fused-ring (bicyclic) bond motifs is 5. The van der Waals surface area contributed by atoms with E-state index in [1.165, 1.54) is 29.3 Å². The lowest BCUT2D eigenvalue weighted by molar-refractivity contribution is -0.0751. The fourth-order valence-corrected chi connectivity index (χ4v) is 8.37. The van der Waals surface area contributed by atoms with Crippen LogP contribution in [-0.2, 0) is 21.2 Å². The number of rotatable bonds is 3. The summed E-state index contributed by atoms with van der Waals surface area (Å²) in [6.45, 7) is 4.63. The van der Waals surface area contributed by atoms with E-state index in [4.69, 9.17) is 21.5 Å². The van der Waals surface area contributed by atoms with Crippen molar-refractivity contribution in [2.24, 2.45) is 21.9 Å². The topological polar surface area (TPSA) is 107 Å². The fraction of sp³-hybridized carbons (Fsp3) is 0.500. The third-order valence-corrected chi connectivity index (χ3v) is 10.4. The van der Waals surface area contributed by atoms with E-state index in [1.807, 2.05) is 6.07 Å². The lowest BCUT2D eigenvalue weighted by Gasteiger charge is -2.57. The number of esters is 1. The maximum atomic E-state index is 13.0. The molecule has 0 spiro atoms. The molecule has 6 nitrogen and oxygen atoms in total. The first-order valence-corrected chi connectivity index (χ1v) is 13.7. The van der Waals surface area contributed by atoms with Crippen molar-refractivity contribution >= 4 is 27.6 Å². The molecule has 3 N–H and O–H groups in total. The molecule has 3 aliphatic rings. The number of halogens is 1. The minimum absolute atomic E-state index is 0.0240. The molecular weight excluding hydrogens is 474 g/mol. The van der Waals surface area contributed by atoms with E-state index in [2.05, 4.69) is 19.9 Å². The van der Waals surface area contributed by atoms with Crippen LogP contribution >= 0.6 is 11.6 Å². The Balaban J connectivity index is 1.40. The first kappa shape index (κ1) is 23.6. The Bertz CT molecular complexity index is 1280. The zero-order chi connectivity index (χ0) is 24.5. The summed E-state index contributed by atoms with van der Waals surface area (Å²) >= 11 is 5.97. The van der Waals surface area contributed by atoms with E-state index in [0.717, 1.165) is 38.5 Å². The number of carbonyl (C=O) groups is 1. The van der Waals surface area contributed by atoms with Gasteiger partial charge in [0, 0.05) is 5.41 Å². The number of aryl methyl sites for hydroxylation is 1. The van der Waals surface area contributed by atoms with Crippen LogP contribution in [0.15, 0.2) is 41.3 Å². The Morgan fingerprint density at radius 3 is 2.59 bits per heavy atom. The summed E-state index contributed by atoms with van der Waals surface area (Å²) < 4.78 is 29.7. The second-order valence-corrected chi connectivity index (χ2v) is 12.6. The molecule has 0 unspecified atom stereocenters. The quantitative estimate of drug-likeness (QED) is 0.562. The Kier molecular flexibility index (Phi) is 5.54. The SMILES string of the molecule is C[C@]12CC[C@@H]3c4ccc(O)cc4CC[C@@]3(C)[C@@H]1CC[C@@H]2OC(=O)c1ccc(Cl)c(S(N)(=O)=O)c1. The molecular formula is C26H30ClNO5S. The van der Waals surface area contributed by atoms with Gasteiger partial charge in [-0.2, -0.15) is 0 Å². The number of hydrogen-bond donors (Lipinski definition) is 2. The number of phenolic OH excluding ortho intramolecular Hbond substituents is 1. The number of hydrogen-bond acceptors (Lipinski definition) is 5. The van der Waals surface area contributed by atoms with Crippen LogP contribution < -0.4 is 5.14 Å². The second-order valence-electron chi connectivity index (χ2n) is 10.7. The molecule has 2 saturated carbocycles. The van der Waals surface area contributed by atoms with Crippen molar-refractivity contribution in [2.45, 2.75) is 69.3 Å². The van der Waals surface area contributed by atoms with Crippen LogP contribution in [0.25, 0.3) is 0 Å². The number of benzene rings is 2. The predicted molar refractivity (Wildman–Crippen MR) is 129 cm³/mol. The number of nitrogens with two attached hydrogens (primary N) is 1. The minimum atomic E-state index is -4.05. The molecule has 0 heterocycles. The molecule has 34 heavy (non-hydrogen) atoms. The Labute approximate surface area is 205 Å². The fourth-order valence-electron chi connectivity index (χ4n) is 7.30. The smallest absolute Gasteiger partial charge is 0.338 e. The van der Waals surface area contributed by atoms with Gasteiger partial charge in [-0.3, -0.25) is 0 Å². The molecule has 5 atom stereocenters. The molecule has 2 aromatic rings. The molecule has 0 bridgehead atoms. The summed E-state index contributed by atoms with van der Waals surface area (Å²) in [4.78, 5) is 12.8. The van der Waals surface area contributed by atoms with Crippen molar-refractivity contribution < 1.29 is 23.1 Å². The largest absolute Gasteiger partial charge is 0.508 e. The monoisotopic (exact) mass is 503 g/mol. The molecule has 2 fully saturated rings. The van der Waals surface area contributed by atoms with Gasteiger partial charge in [0.15, 0.2) is 0 Å². The molecule has 0 radical (unpaired) electrons. The van der Waals surface area contributed by atoms with Crippen LogP contribution in [0.5, 0.6) is 5.75 Å². The third kappa shape index (κ3) is 3.64. The van der Waals surface area contributed by atoms with E-state index in [9.17, 15) is 18.3 Å². The van der Waals surface area contributed by atoms with Gasteiger partial charge in [-0.1, -0.05) is 31.5 Å². The number of carbonyl (C=O) groups excluding carboxylic acids is 1. The van der Waals surface area contributed by atoms with Gasteiger partial charge in [-0.15, -0.1) is 0 Å². The van der Waals surface area contributed by atoms with Crippen LogP contribution in [0, 0.1) is 16.7 Å². The first-order valence-electron chi connectivity index (χ1n) is 11.8. The molecule has 8 heteroatoms.